The maximum Gasteiger partial charge on any atom is 0.333 e. The molecule has 0 radical (unpaired) electrons. The van der Waals surface area contributed by atoms with Crippen molar-refractivity contribution in [2.24, 2.45) is 0 Å². The fourth-order valence-corrected chi connectivity index (χ4v) is 1.37. The summed E-state index contributed by atoms with van der Waals surface area (Å²) in [6.45, 7) is 10.5. The van der Waals surface area contributed by atoms with Crippen LogP contribution in [0.4, 0.5) is 0 Å². The summed E-state index contributed by atoms with van der Waals surface area (Å²) >= 11 is 0. The molecule has 0 aromatic rings. The Morgan fingerprint density at radius 3 is 2.58 bits per heavy atom. The van der Waals surface area contributed by atoms with Gasteiger partial charge in [-0.2, -0.15) is 0 Å². The number of unbranched alkanes of at least 4 members (excludes halogenated alkanes) is 1. The molecule has 1 saturated heterocycles. The third-order valence-electron chi connectivity index (χ3n) is 2.51. The topological polar surface area (TPSA) is 66.6 Å². The first-order chi connectivity index (χ1) is 8.99. The number of esters is 1. The quantitative estimate of drug-likeness (QED) is 0.433. The molecule has 1 heterocycles. The second-order valence-electron chi connectivity index (χ2n) is 4.23. The van der Waals surface area contributed by atoms with Gasteiger partial charge in [0.25, 0.3) is 0 Å². The molecule has 1 atom stereocenters. The van der Waals surface area contributed by atoms with Gasteiger partial charge in [-0.3, -0.25) is 4.79 Å². The van der Waals surface area contributed by atoms with Gasteiger partial charge in [-0.25, -0.2) is 4.79 Å². The van der Waals surface area contributed by atoms with E-state index in [-0.39, 0.29) is 25.2 Å². The molecule has 1 aliphatic rings. The molecule has 1 N–H and O–H groups in total. The molecule has 1 amide bonds. The van der Waals surface area contributed by atoms with Crippen LogP contribution < -0.4 is 0 Å². The summed E-state index contributed by atoms with van der Waals surface area (Å²) in [4.78, 5) is 23.0. The van der Waals surface area contributed by atoms with Gasteiger partial charge in [-0.1, -0.05) is 32.9 Å². The van der Waals surface area contributed by atoms with Gasteiger partial charge in [0.1, 0.15) is 12.6 Å². The van der Waals surface area contributed by atoms with E-state index in [0.29, 0.717) is 5.57 Å². The van der Waals surface area contributed by atoms with E-state index in [4.69, 9.17) is 5.11 Å². The summed E-state index contributed by atoms with van der Waals surface area (Å²) in [7, 11) is 0. The fraction of sp³-hybridized carbons (Fsp3) is 0.571. The minimum atomic E-state index is -0.455. The van der Waals surface area contributed by atoms with Gasteiger partial charge in [0.15, 0.2) is 0 Å². The fourth-order valence-electron chi connectivity index (χ4n) is 1.37. The van der Waals surface area contributed by atoms with E-state index in [1.807, 2.05) is 0 Å². The van der Waals surface area contributed by atoms with Crippen molar-refractivity contribution in [1.29, 1.82) is 0 Å². The predicted molar refractivity (Wildman–Crippen MR) is 73.2 cm³/mol. The maximum atomic E-state index is 10.8. The Balaban J connectivity index is 0.000000344. The molecule has 1 unspecified atom stereocenters. The lowest BCUT2D eigenvalue weighted by molar-refractivity contribution is -0.139. The first kappa shape index (κ1) is 17.4. The van der Waals surface area contributed by atoms with Gasteiger partial charge in [0.2, 0.25) is 5.91 Å². The number of rotatable bonds is 7. The van der Waals surface area contributed by atoms with Gasteiger partial charge < -0.3 is 14.7 Å². The minimum Gasteiger partial charge on any atom is -0.460 e. The van der Waals surface area contributed by atoms with Crippen LogP contribution in [0, 0.1) is 0 Å². The highest BCUT2D eigenvalue weighted by Crippen LogP contribution is 2.24. The Morgan fingerprint density at radius 2 is 2.21 bits per heavy atom. The number of carbonyl (C=O) groups excluding carboxylic acids is 2. The number of hydrogen-bond acceptors (Lipinski definition) is 4. The van der Waals surface area contributed by atoms with Crippen molar-refractivity contribution in [1.82, 2.24) is 4.90 Å². The molecule has 1 rings (SSSR count). The van der Waals surface area contributed by atoms with E-state index in [2.05, 4.69) is 24.8 Å². The lowest BCUT2D eigenvalue weighted by atomic mass is 10.2. The molecular weight excluding hydrogens is 246 g/mol. The first-order valence-corrected chi connectivity index (χ1v) is 6.37. The Hall–Kier alpha value is -1.62. The second-order valence-corrected chi connectivity index (χ2v) is 4.23. The van der Waals surface area contributed by atoms with Crippen LogP contribution in [0.3, 0.4) is 0 Å². The minimum absolute atomic E-state index is 0.0473. The highest BCUT2D eigenvalue weighted by atomic mass is 16.5. The monoisotopic (exact) mass is 269 g/mol. The zero-order valence-electron chi connectivity index (χ0n) is 11.7. The Kier molecular flexibility index (Phi) is 8.53. The van der Waals surface area contributed by atoms with Crippen LogP contribution in [0.15, 0.2) is 24.9 Å². The number of ether oxygens (including phenoxy) is 1. The first-order valence-electron chi connectivity index (χ1n) is 6.37. The number of nitrogens with zero attached hydrogens (tertiary/aromatic N) is 1. The highest BCUT2D eigenvalue weighted by Gasteiger charge is 2.42. The summed E-state index contributed by atoms with van der Waals surface area (Å²) in [5.41, 5.74) is 0.350. The van der Waals surface area contributed by atoms with Crippen molar-refractivity contribution < 1.29 is 19.4 Å². The van der Waals surface area contributed by atoms with Gasteiger partial charge in [-0.15, -0.1) is 0 Å². The third-order valence-corrected chi connectivity index (χ3v) is 2.51. The zero-order chi connectivity index (χ0) is 14.8. The van der Waals surface area contributed by atoms with E-state index in [9.17, 15) is 9.59 Å². The number of amides is 1. The molecule has 0 bridgehead atoms. The van der Waals surface area contributed by atoms with Gasteiger partial charge in [0.05, 0.1) is 6.61 Å². The summed E-state index contributed by atoms with van der Waals surface area (Å²) in [6, 6.07) is 0.178. The van der Waals surface area contributed by atoms with E-state index < -0.39 is 5.97 Å². The van der Waals surface area contributed by atoms with E-state index in [1.54, 1.807) is 18.0 Å². The largest absolute Gasteiger partial charge is 0.460 e. The van der Waals surface area contributed by atoms with Crippen LogP contribution in [0.25, 0.3) is 0 Å². The van der Waals surface area contributed by atoms with Crippen LogP contribution in [0.1, 0.15) is 33.1 Å². The normalized spacial score (nSPS) is 16.3. The molecule has 108 valence electrons. The molecule has 0 aliphatic carbocycles. The Labute approximate surface area is 114 Å². The van der Waals surface area contributed by atoms with Crippen LogP contribution in [-0.2, 0) is 14.3 Å². The molecule has 19 heavy (non-hydrogen) atoms. The number of aliphatic hydroxyl groups is 1. The second kappa shape index (κ2) is 9.33. The summed E-state index contributed by atoms with van der Waals surface area (Å²) in [5.74, 6) is -0.215. The molecule has 0 saturated carbocycles. The number of carbonyl (C=O) groups is 2. The maximum absolute atomic E-state index is 10.8. The summed E-state index contributed by atoms with van der Waals surface area (Å²) < 4.78 is 4.46. The average molecular weight is 269 g/mol. The smallest absolute Gasteiger partial charge is 0.333 e. The van der Waals surface area contributed by atoms with Crippen molar-refractivity contribution in [3.8, 4) is 0 Å². The summed E-state index contributed by atoms with van der Waals surface area (Å²) in [5, 5.41) is 8.19. The molecule has 0 aromatic heterocycles. The molecule has 1 fully saturated rings. The Bertz CT molecular complexity index is 338. The lowest BCUT2D eigenvalue weighted by Crippen LogP contribution is -2.08. The van der Waals surface area contributed by atoms with Crippen molar-refractivity contribution >= 4 is 11.9 Å². The summed E-state index contributed by atoms with van der Waals surface area (Å²) in [6.07, 6.45) is 4.92. The molecular formula is C14H23NO4. The highest BCUT2D eigenvalue weighted by molar-refractivity contribution is 5.97. The number of aliphatic hydroxyl groups excluding tert-OH is 1. The van der Waals surface area contributed by atoms with Gasteiger partial charge in [0, 0.05) is 11.8 Å². The van der Waals surface area contributed by atoms with Crippen LogP contribution >= 0.6 is 0 Å². The lowest BCUT2D eigenvalue weighted by Gasteiger charge is -1.99. The molecule has 0 aromatic carbocycles. The molecule has 1 aliphatic heterocycles. The predicted octanol–water partition coefficient (Wildman–Crippen LogP) is 1.63. The zero-order valence-corrected chi connectivity index (χ0v) is 11.7. The van der Waals surface area contributed by atoms with E-state index in [0.717, 1.165) is 19.3 Å². The van der Waals surface area contributed by atoms with Crippen molar-refractivity contribution in [2.75, 3.05) is 13.2 Å². The van der Waals surface area contributed by atoms with Crippen molar-refractivity contribution in [3.63, 3.8) is 0 Å². The number of hydrogen-bond donors (Lipinski definition) is 1. The SMILES string of the molecule is C=C(C)C(=O)OCCO.C=CN1C(=O)C1CCCC. The van der Waals surface area contributed by atoms with Gasteiger partial charge in [-0.05, 0) is 13.3 Å². The third kappa shape index (κ3) is 6.76. The van der Waals surface area contributed by atoms with Crippen LogP contribution in [-0.4, -0.2) is 41.1 Å². The molecule has 5 heteroatoms. The molecule has 0 spiro atoms. The van der Waals surface area contributed by atoms with E-state index >= 15 is 0 Å². The standard InChI is InChI=1S/C8H13NO.C6H10O3/c1-3-5-6-7-8(10)9(7)4-2;1-5(2)6(8)9-4-3-7/h4,7H,2-3,5-6H2,1H3;7H,1,3-4H2,2H3. The van der Waals surface area contributed by atoms with Crippen molar-refractivity contribution in [2.45, 2.75) is 39.2 Å². The van der Waals surface area contributed by atoms with Crippen LogP contribution in [0.5, 0.6) is 0 Å². The van der Waals surface area contributed by atoms with Gasteiger partial charge >= 0.3 is 5.97 Å². The van der Waals surface area contributed by atoms with Crippen LogP contribution in [0.2, 0.25) is 0 Å². The van der Waals surface area contributed by atoms with E-state index in [1.165, 1.54) is 0 Å². The van der Waals surface area contributed by atoms with Crippen molar-refractivity contribution in [3.05, 3.63) is 24.9 Å². The Morgan fingerprint density at radius 1 is 1.58 bits per heavy atom. The molecule has 5 nitrogen and oxygen atoms in total. The average Bonchev–Trinajstić information content (AvgIpc) is 3.03.